The number of carbonyl (C=O) groups excluding carboxylic acids is 1. The van der Waals surface area contributed by atoms with Gasteiger partial charge in [-0.2, -0.15) is 0 Å². The molecule has 0 fully saturated rings. The van der Waals surface area contributed by atoms with Gasteiger partial charge in [-0.3, -0.25) is 19.4 Å². The molecule has 0 spiro atoms. The third kappa shape index (κ3) is 4.94. The number of thioether (sulfide) groups is 1. The molecule has 162 valence electrons. The van der Waals surface area contributed by atoms with Gasteiger partial charge in [0, 0.05) is 24.3 Å². The van der Waals surface area contributed by atoms with Crippen molar-refractivity contribution in [1.82, 2.24) is 5.27 Å². The molecule has 10 nitrogen and oxygen atoms in total. The summed E-state index contributed by atoms with van der Waals surface area (Å²) in [6.45, 7) is 3.55. The van der Waals surface area contributed by atoms with Gasteiger partial charge in [0.25, 0.3) is 5.69 Å². The fourth-order valence-corrected chi connectivity index (χ4v) is 3.78. The summed E-state index contributed by atoms with van der Waals surface area (Å²) < 4.78 is 11.5. The Morgan fingerprint density at radius 3 is 2.65 bits per heavy atom. The zero-order valence-corrected chi connectivity index (χ0v) is 17.9. The lowest BCUT2D eigenvalue weighted by Gasteiger charge is -2.13. The fourth-order valence-electron chi connectivity index (χ4n) is 2.79. The number of nitrogens with one attached hydrogen (secondary N) is 2. The molecule has 3 rings (SSSR count). The predicted molar refractivity (Wildman–Crippen MR) is 114 cm³/mol. The van der Waals surface area contributed by atoms with Gasteiger partial charge in [-0.1, -0.05) is 13.0 Å². The molecular weight excluding hydrogens is 424 g/mol. The highest BCUT2D eigenvalue weighted by atomic mass is 32.2. The number of benzene rings is 2. The van der Waals surface area contributed by atoms with Gasteiger partial charge in [0.2, 0.25) is 11.6 Å². The third-order valence-electron chi connectivity index (χ3n) is 4.54. The maximum Gasteiger partial charge on any atom is 0.442 e. The molecule has 1 amide bonds. The van der Waals surface area contributed by atoms with Crippen LogP contribution in [0.3, 0.4) is 0 Å². The van der Waals surface area contributed by atoms with Gasteiger partial charge in [-0.05, 0) is 52.8 Å². The van der Waals surface area contributed by atoms with E-state index in [1.54, 1.807) is 44.4 Å². The van der Waals surface area contributed by atoms with Crippen LogP contribution in [0.1, 0.15) is 18.9 Å². The number of anilines is 1. The van der Waals surface area contributed by atoms with Crippen molar-refractivity contribution in [3.8, 4) is 11.4 Å². The van der Waals surface area contributed by atoms with Crippen LogP contribution in [0.5, 0.6) is 5.75 Å². The van der Waals surface area contributed by atoms with Crippen molar-refractivity contribution in [2.24, 2.45) is 0 Å². The van der Waals surface area contributed by atoms with E-state index in [9.17, 15) is 19.7 Å². The molecule has 0 bridgehead atoms. The first-order valence-corrected chi connectivity index (χ1v) is 10.2. The first kappa shape index (κ1) is 22.1. The topological polar surface area (TPSA) is 131 Å². The molecule has 1 atom stereocenters. The maximum atomic E-state index is 12.9. The molecule has 1 aromatic heterocycles. The molecule has 2 aromatic carbocycles. The second-order valence-corrected chi connectivity index (χ2v) is 7.77. The Morgan fingerprint density at radius 2 is 2.03 bits per heavy atom. The van der Waals surface area contributed by atoms with Crippen molar-refractivity contribution in [1.29, 1.82) is 0 Å². The number of rotatable bonds is 8. The van der Waals surface area contributed by atoms with Crippen molar-refractivity contribution in [2.45, 2.75) is 30.5 Å². The minimum atomic E-state index is -0.637. The second-order valence-electron chi connectivity index (χ2n) is 6.58. The molecule has 3 aromatic rings. The summed E-state index contributed by atoms with van der Waals surface area (Å²) in [5, 5.41) is 15.9. The van der Waals surface area contributed by atoms with Crippen LogP contribution in [-0.2, 0) is 4.79 Å². The number of hydrogen-bond acceptors (Lipinski definition) is 7. The van der Waals surface area contributed by atoms with Crippen molar-refractivity contribution >= 4 is 29.0 Å². The van der Waals surface area contributed by atoms with Crippen LogP contribution in [0.4, 0.5) is 11.4 Å². The Morgan fingerprint density at radius 1 is 1.32 bits per heavy atom. The molecule has 0 saturated carbocycles. The number of aryl methyl sites for hydroxylation is 1. The van der Waals surface area contributed by atoms with Crippen LogP contribution in [0.2, 0.25) is 0 Å². The average Bonchev–Trinajstić information content (AvgIpc) is 3.13. The number of nitro groups is 1. The zero-order valence-electron chi connectivity index (χ0n) is 17.1. The second kappa shape index (κ2) is 9.47. The van der Waals surface area contributed by atoms with E-state index in [2.05, 4.69) is 10.6 Å². The molecule has 0 saturated heterocycles. The van der Waals surface area contributed by atoms with Crippen LogP contribution in [0.25, 0.3) is 5.69 Å². The number of non-ortho nitro benzene ring substituents is 1. The lowest BCUT2D eigenvalue weighted by molar-refractivity contribution is -0.704. The average molecular weight is 445 g/mol. The molecular formula is C20H21N4O6S+. The van der Waals surface area contributed by atoms with E-state index in [1.807, 2.05) is 6.92 Å². The van der Waals surface area contributed by atoms with Crippen molar-refractivity contribution < 1.29 is 23.7 Å². The molecule has 0 aliphatic rings. The number of amides is 1. The number of hydrogen-bond donors (Lipinski definition) is 2. The number of ether oxygens (including phenoxy) is 1. The molecule has 1 unspecified atom stereocenters. The standard InChI is InChI=1S/C20H20N4O6S/c1-4-17(18(25)21-16-11-14(24(27)28)6-5-12(16)2)31-19-20(26)30-22-23(19)13-7-9-15(29-3)10-8-13/h5-11,17H,4H2,1-3H3,(H-,21,22,25,26)/p+1. The monoisotopic (exact) mass is 445 g/mol. The van der Waals surface area contributed by atoms with Crippen molar-refractivity contribution in [3.63, 3.8) is 0 Å². The largest absolute Gasteiger partial charge is 0.497 e. The summed E-state index contributed by atoms with van der Waals surface area (Å²) in [5.41, 5.74) is 0.929. The minimum Gasteiger partial charge on any atom is -0.497 e. The van der Waals surface area contributed by atoms with E-state index in [1.165, 1.54) is 16.8 Å². The molecule has 0 aliphatic carbocycles. The Bertz CT molecular complexity index is 1160. The number of methoxy groups -OCH3 is 1. The Labute approximate surface area is 181 Å². The SMILES string of the molecule is CCC(Sc1c(=O)o[nH][n+]1-c1ccc(OC)cc1)C(=O)Nc1cc([N+](=O)[O-])ccc1C. The summed E-state index contributed by atoms with van der Waals surface area (Å²) in [4.78, 5) is 35.7. The number of nitro benzene ring substituents is 1. The molecule has 1 heterocycles. The lowest BCUT2D eigenvalue weighted by atomic mass is 10.1. The van der Waals surface area contributed by atoms with Gasteiger partial charge in [0.1, 0.15) is 5.75 Å². The molecule has 11 heteroatoms. The van der Waals surface area contributed by atoms with Crippen LogP contribution >= 0.6 is 11.8 Å². The highest BCUT2D eigenvalue weighted by Gasteiger charge is 2.30. The summed E-state index contributed by atoms with van der Waals surface area (Å²) in [6, 6.07) is 11.2. The van der Waals surface area contributed by atoms with Gasteiger partial charge in [0.05, 0.1) is 23.0 Å². The van der Waals surface area contributed by atoms with Crippen LogP contribution in [-0.4, -0.2) is 28.5 Å². The molecule has 0 radical (unpaired) electrons. The Hall–Kier alpha value is -3.60. The summed E-state index contributed by atoms with van der Waals surface area (Å²) >= 11 is 1.05. The van der Waals surface area contributed by atoms with Gasteiger partial charge >= 0.3 is 10.7 Å². The van der Waals surface area contributed by atoms with E-state index in [4.69, 9.17) is 9.26 Å². The normalized spacial score (nSPS) is 11.7. The van der Waals surface area contributed by atoms with E-state index in [-0.39, 0.29) is 16.6 Å². The van der Waals surface area contributed by atoms with E-state index in [0.717, 1.165) is 11.8 Å². The van der Waals surface area contributed by atoms with Gasteiger partial charge in [0.15, 0.2) is 0 Å². The zero-order chi connectivity index (χ0) is 22.5. The lowest BCUT2D eigenvalue weighted by Crippen LogP contribution is -2.37. The van der Waals surface area contributed by atoms with Gasteiger partial charge in [-0.25, -0.2) is 4.79 Å². The number of carbonyl (C=O) groups is 1. The van der Waals surface area contributed by atoms with E-state index in [0.29, 0.717) is 29.1 Å². The van der Waals surface area contributed by atoms with Crippen molar-refractivity contribution in [3.05, 3.63) is 68.6 Å². The Kier molecular flexibility index (Phi) is 6.75. The Balaban J connectivity index is 1.84. The number of aromatic nitrogens is 2. The number of H-pyrrole nitrogens is 1. The van der Waals surface area contributed by atoms with E-state index < -0.39 is 15.8 Å². The predicted octanol–water partition coefficient (Wildman–Crippen LogP) is 2.98. The van der Waals surface area contributed by atoms with Gasteiger partial charge in [-0.15, -0.1) is 0 Å². The van der Waals surface area contributed by atoms with E-state index >= 15 is 0 Å². The fraction of sp³-hybridized carbons (Fsp3) is 0.250. The number of aromatic amines is 1. The van der Waals surface area contributed by atoms with Crippen LogP contribution in [0, 0.1) is 17.0 Å². The quantitative estimate of drug-likeness (QED) is 0.236. The summed E-state index contributed by atoms with van der Waals surface area (Å²) in [6.07, 6.45) is 0.414. The highest BCUT2D eigenvalue weighted by molar-refractivity contribution is 8.00. The minimum absolute atomic E-state index is 0.120. The van der Waals surface area contributed by atoms with Crippen LogP contribution < -0.4 is 20.4 Å². The summed E-state index contributed by atoms with van der Waals surface area (Å²) in [7, 11) is 1.55. The maximum absolute atomic E-state index is 12.9. The molecule has 2 N–H and O–H groups in total. The van der Waals surface area contributed by atoms with Gasteiger partial charge < -0.3 is 10.1 Å². The third-order valence-corrected chi connectivity index (χ3v) is 5.95. The molecule has 31 heavy (non-hydrogen) atoms. The molecule has 0 aliphatic heterocycles. The first-order valence-electron chi connectivity index (χ1n) is 9.34. The van der Waals surface area contributed by atoms with Crippen molar-refractivity contribution in [2.75, 3.05) is 12.4 Å². The van der Waals surface area contributed by atoms with Crippen LogP contribution in [0.15, 0.2) is 56.8 Å². The highest BCUT2D eigenvalue weighted by Crippen LogP contribution is 2.26. The summed E-state index contributed by atoms with van der Waals surface area (Å²) in [5.74, 6) is 0.278. The first-order chi connectivity index (χ1) is 14.8. The number of nitrogens with zero attached hydrogens (tertiary/aromatic N) is 2. The smallest absolute Gasteiger partial charge is 0.442 e.